The lowest BCUT2D eigenvalue weighted by atomic mass is 10.1. The van der Waals surface area contributed by atoms with E-state index in [1.165, 1.54) is 76.3 Å². The molecule has 5 nitrogen and oxygen atoms in total. The second kappa shape index (κ2) is 12.7. The van der Waals surface area contributed by atoms with E-state index < -0.39 is 16.1 Å². The smallest absolute Gasteiger partial charge is 0.337 e. The van der Waals surface area contributed by atoms with Crippen molar-refractivity contribution in [1.29, 1.82) is 0 Å². The molecule has 0 saturated heterocycles. The molecule has 0 aliphatic carbocycles. The lowest BCUT2D eigenvalue weighted by Crippen LogP contribution is -2.14. The summed E-state index contributed by atoms with van der Waals surface area (Å²) in [5, 5.41) is 0. The molecule has 0 aliphatic heterocycles. The number of hydrogen-bond acceptors (Lipinski definition) is 5. The van der Waals surface area contributed by atoms with Crippen LogP contribution in [-0.4, -0.2) is 27.2 Å². The number of carbonyl (C=O) groups excluding carboxylic acids is 1. The van der Waals surface area contributed by atoms with Gasteiger partial charge in [-0.3, -0.25) is 0 Å². The highest BCUT2D eigenvalue weighted by atomic mass is 32.2. The topological polar surface area (TPSA) is 69.7 Å². The minimum Gasteiger partial charge on any atom is -0.465 e. The predicted octanol–water partition coefficient (Wildman–Crippen LogP) is 5.10. The van der Waals surface area contributed by atoms with Crippen LogP contribution < -0.4 is 4.18 Å². The van der Waals surface area contributed by atoms with Crippen molar-refractivity contribution < 1.29 is 22.1 Å². The molecule has 1 aromatic rings. The van der Waals surface area contributed by atoms with Gasteiger partial charge in [0.1, 0.15) is 5.75 Å². The Morgan fingerprint density at radius 2 is 1.35 bits per heavy atom. The standard InChI is InChI=1S/C20H32O5S/c1-3-4-5-6-7-8-9-10-11-12-17-26(22,23)25-19-15-13-18(14-16-19)20(21)24-2/h13-16H,3-12,17H2,1-2H3. The van der Waals surface area contributed by atoms with E-state index >= 15 is 0 Å². The molecule has 0 radical (unpaired) electrons. The Labute approximate surface area is 158 Å². The maximum absolute atomic E-state index is 12.0. The molecule has 148 valence electrons. The molecule has 0 spiro atoms. The van der Waals surface area contributed by atoms with Crippen LogP contribution >= 0.6 is 0 Å². The minimum atomic E-state index is -3.60. The van der Waals surface area contributed by atoms with Crippen molar-refractivity contribution in [3.05, 3.63) is 29.8 Å². The number of hydrogen-bond donors (Lipinski definition) is 0. The summed E-state index contributed by atoms with van der Waals surface area (Å²) in [6.07, 6.45) is 11.5. The van der Waals surface area contributed by atoms with Crippen molar-refractivity contribution in [1.82, 2.24) is 0 Å². The van der Waals surface area contributed by atoms with Crippen molar-refractivity contribution in [2.24, 2.45) is 0 Å². The highest BCUT2D eigenvalue weighted by Gasteiger charge is 2.13. The fourth-order valence-electron chi connectivity index (χ4n) is 2.72. The first-order valence-electron chi connectivity index (χ1n) is 9.59. The lowest BCUT2D eigenvalue weighted by Gasteiger charge is -2.07. The Hall–Kier alpha value is -1.56. The van der Waals surface area contributed by atoms with Gasteiger partial charge in [-0.05, 0) is 30.7 Å². The van der Waals surface area contributed by atoms with Gasteiger partial charge in [-0.15, -0.1) is 0 Å². The van der Waals surface area contributed by atoms with E-state index in [1.54, 1.807) is 0 Å². The normalized spacial score (nSPS) is 11.3. The number of esters is 1. The Morgan fingerprint density at radius 3 is 1.85 bits per heavy atom. The van der Waals surface area contributed by atoms with E-state index in [9.17, 15) is 13.2 Å². The molecule has 0 amide bonds. The zero-order valence-electron chi connectivity index (χ0n) is 16.0. The average molecular weight is 385 g/mol. The molecule has 6 heteroatoms. The summed E-state index contributed by atoms with van der Waals surface area (Å²) in [6, 6.07) is 5.89. The molecular formula is C20H32O5S. The van der Waals surface area contributed by atoms with Crippen LogP contribution in [0.5, 0.6) is 5.75 Å². The Kier molecular flexibility index (Phi) is 11.0. The summed E-state index contributed by atoms with van der Waals surface area (Å²) in [7, 11) is -2.30. The predicted molar refractivity (Wildman–Crippen MR) is 104 cm³/mol. The molecular weight excluding hydrogens is 352 g/mol. The number of unbranched alkanes of at least 4 members (excludes halogenated alkanes) is 9. The van der Waals surface area contributed by atoms with E-state index in [-0.39, 0.29) is 11.5 Å². The first kappa shape index (κ1) is 22.5. The summed E-state index contributed by atoms with van der Waals surface area (Å²) >= 11 is 0. The molecule has 26 heavy (non-hydrogen) atoms. The molecule has 0 bridgehead atoms. The van der Waals surface area contributed by atoms with Crippen molar-refractivity contribution in [3.8, 4) is 5.75 Å². The zero-order valence-corrected chi connectivity index (χ0v) is 16.9. The van der Waals surface area contributed by atoms with Gasteiger partial charge in [0, 0.05) is 0 Å². The fourth-order valence-corrected chi connectivity index (χ4v) is 3.76. The van der Waals surface area contributed by atoms with E-state index in [0.717, 1.165) is 12.8 Å². The maximum Gasteiger partial charge on any atom is 0.337 e. The third kappa shape index (κ3) is 9.80. The fraction of sp³-hybridized carbons (Fsp3) is 0.650. The van der Waals surface area contributed by atoms with Gasteiger partial charge in [0.05, 0.1) is 18.4 Å². The molecule has 0 atom stereocenters. The van der Waals surface area contributed by atoms with Crippen molar-refractivity contribution in [2.45, 2.75) is 71.1 Å². The maximum atomic E-state index is 12.0. The summed E-state index contributed by atoms with van der Waals surface area (Å²) in [5.41, 5.74) is 0.354. The Balaban J connectivity index is 2.19. The van der Waals surface area contributed by atoms with Gasteiger partial charge in [-0.25, -0.2) is 4.79 Å². The third-order valence-electron chi connectivity index (χ3n) is 4.25. The molecule has 0 unspecified atom stereocenters. The van der Waals surface area contributed by atoms with Gasteiger partial charge < -0.3 is 8.92 Å². The Bertz CT molecular complexity index is 608. The summed E-state index contributed by atoms with van der Waals surface area (Å²) < 4.78 is 33.7. The van der Waals surface area contributed by atoms with Crippen LogP contribution in [0.15, 0.2) is 24.3 Å². The first-order chi connectivity index (χ1) is 12.5. The third-order valence-corrected chi connectivity index (χ3v) is 5.48. The summed E-state index contributed by atoms with van der Waals surface area (Å²) in [5.74, 6) is -0.239. The van der Waals surface area contributed by atoms with Crippen molar-refractivity contribution in [2.75, 3.05) is 12.9 Å². The van der Waals surface area contributed by atoms with Crippen LogP contribution in [0.1, 0.15) is 81.5 Å². The monoisotopic (exact) mass is 384 g/mol. The van der Waals surface area contributed by atoms with Crippen LogP contribution in [0, 0.1) is 0 Å². The van der Waals surface area contributed by atoms with Gasteiger partial charge >= 0.3 is 16.1 Å². The summed E-state index contributed by atoms with van der Waals surface area (Å²) in [6.45, 7) is 2.22. The van der Waals surface area contributed by atoms with E-state index in [1.807, 2.05) is 0 Å². The van der Waals surface area contributed by atoms with Crippen LogP contribution in [-0.2, 0) is 14.9 Å². The van der Waals surface area contributed by atoms with E-state index in [2.05, 4.69) is 11.7 Å². The quantitative estimate of drug-likeness (QED) is 0.253. The van der Waals surface area contributed by atoms with Gasteiger partial charge in [-0.1, -0.05) is 64.7 Å². The molecule has 0 fully saturated rings. The first-order valence-corrected chi connectivity index (χ1v) is 11.2. The minimum absolute atomic E-state index is 0.0161. The van der Waals surface area contributed by atoms with Crippen LogP contribution in [0.25, 0.3) is 0 Å². The number of benzene rings is 1. The number of carbonyl (C=O) groups is 1. The largest absolute Gasteiger partial charge is 0.465 e. The van der Waals surface area contributed by atoms with E-state index in [4.69, 9.17) is 4.18 Å². The summed E-state index contributed by atoms with van der Waals surface area (Å²) in [4.78, 5) is 11.3. The molecule has 0 aliphatic rings. The number of rotatable bonds is 14. The van der Waals surface area contributed by atoms with Gasteiger partial charge in [0.2, 0.25) is 0 Å². The SMILES string of the molecule is CCCCCCCCCCCCS(=O)(=O)Oc1ccc(C(=O)OC)cc1. The highest BCUT2D eigenvalue weighted by Crippen LogP contribution is 2.16. The lowest BCUT2D eigenvalue weighted by molar-refractivity contribution is 0.0600. The molecule has 0 heterocycles. The van der Waals surface area contributed by atoms with Crippen molar-refractivity contribution >= 4 is 16.1 Å². The van der Waals surface area contributed by atoms with Crippen LogP contribution in [0.2, 0.25) is 0 Å². The molecule has 0 N–H and O–H groups in total. The second-order valence-electron chi connectivity index (χ2n) is 6.54. The zero-order chi connectivity index (χ0) is 19.3. The van der Waals surface area contributed by atoms with Gasteiger partial charge in [0.25, 0.3) is 0 Å². The molecule has 0 aromatic heterocycles. The molecule has 1 rings (SSSR count). The van der Waals surface area contributed by atoms with Crippen LogP contribution in [0.3, 0.4) is 0 Å². The van der Waals surface area contributed by atoms with Gasteiger partial charge in [0.15, 0.2) is 0 Å². The average Bonchev–Trinajstić information content (AvgIpc) is 2.63. The Morgan fingerprint density at radius 1 is 0.846 bits per heavy atom. The number of methoxy groups -OCH3 is 1. The molecule has 0 saturated carbocycles. The molecule has 1 aromatic carbocycles. The van der Waals surface area contributed by atoms with E-state index in [0.29, 0.717) is 12.0 Å². The number of ether oxygens (including phenoxy) is 1. The van der Waals surface area contributed by atoms with Crippen LogP contribution in [0.4, 0.5) is 0 Å². The van der Waals surface area contributed by atoms with Gasteiger partial charge in [-0.2, -0.15) is 8.42 Å². The highest BCUT2D eigenvalue weighted by molar-refractivity contribution is 7.87. The second-order valence-corrected chi connectivity index (χ2v) is 8.23. The van der Waals surface area contributed by atoms with Crippen molar-refractivity contribution in [3.63, 3.8) is 0 Å².